The molecule has 1 atom stereocenters. The molecule has 0 amide bonds. The maximum Gasteiger partial charge on any atom is 0.329 e. The monoisotopic (exact) mass is 279 g/mol. The van der Waals surface area contributed by atoms with Crippen LogP contribution in [0, 0.1) is 16.0 Å². The first-order chi connectivity index (χ1) is 9.49. The number of nitrogens with zero attached hydrogens (tertiary/aromatic N) is 4. The van der Waals surface area contributed by atoms with Crippen molar-refractivity contribution in [1.29, 1.82) is 0 Å². The van der Waals surface area contributed by atoms with Crippen LogP contribution in [0.5, 0.6) is 0 Å². The summed E-state index contributed by atoms with van der Waals surface area (Å²) in [7, 11) is 0. The van der Waals surface area contributed by atoms with Crippen LogP contribution in [0.2, 0.25) is 0 Å². The van der Waals surface area contributed by atoms with Crippen LogP contribution in [0.25, 0.3) is 0 Å². The van der Waals surface area contributed by atoms with Crippen LogP contribution >= 0.6 is 0 Å². The van der Waals surface area contributed by atoms with Crippen LogP contribution in [0.4, 0.5) is 17.5 Å². The lowest BCUT2D eigenvalue weighted by molar-refractivity contribution is -0.384. The van der Waals surface area contributed by atoms with Crippen molar-refractivity contribution >= 4 is 17.5 Å². The van der Waals surface area contributed by atoms with E-state index in [9.17, 15) is 10.1 Å². The van der Waals surface area contributed by atoms with E-state index in [1.165, 1.54) is 6.20 Å². The highest BCUT2D eigenvalue weighted by molar-refractivity contribution is 5.54. The summed E-state index contributed by atoms with van der Waals surface area (Å²) in [6, 6.07) is 0.415. The Hall–Kier alpha value is -1.92. The average Bonchev–Trinajstić information content (AvgIpc) is 2.83. The second-order valence-corrected chi connectivity index (χ2v) is 5.66. The molecule has 1 aromatic rings. The summed E-state index contributed by atoms with van der Waals surface area (Å²) < 4.78 is 0. The van der Waals surface area contributed by atoms with Crippen molar-refractivity contribution in [2.75, 3.05) is 17.2 Å². The normalized spacial score (nSPS) is 18.8. The summed E-state index contributed by atoms with van der Waals surface area (Å²) in [6.45, 7) is 5.30. The molecule has 0 radical (unpaired) electrons. The molecule has 0 aliphatic carbocycles. The molecule has 0 aromatic carbocycles. The number of nitro groups is 1. The molecule has 0 bridgehead atoms. The molecule has 1 aliphatic heterocycles. The van der Waals surface area contributed by atoms with Crippen molar-refractivity contribution in [2.24, 2.45) is 5.92 Å². The van der Waals surface area contributed by atoms with Crippen LogP contribution in [0.15, 0.2) is 6.20 Å². The van der Waals surface area contributed by atoms with Gasteiger partial charge in [-0.15, -0.1) is 0 Å². The molecule has 1 saturated heterocycles. The number of anilines is 2. The fourth-order valence-corrected chi connectivity index (χ4v) is 2.58. The number of hydrogen-bond donors (Lipinski definition) is 1. The van der Waals surface area contributed by atoms with Gasteiger partial charge in [0, 0.05) is 12.6 Å². The number of rotatable bonds is 5. The largest absolute Gasteiger partial charge is 0.378 e. The highest BCUT2D eigenvalue weighted by Crippen LogP contribution is 2.28. The van der Waals surface area contributed by atoms with E-state index >= 15 is 0 Å². The Balaban J connectivity index is 2.13. The lowest BCUT2D eigenvalue weighted by Gasteiger charge is -2.25. The molecule has 7 heteroatoms. The summed E-state index contributed by atoms with van der Waals surface area (Å²) in [5, 5.41) is 10.7. The maximum atomic E-state index is 10.7. The second kappa shape index (κ2) is 6.02. The second-order valence-electron chi connectivity index (χ2n) is 5.66. The van der Waals surface area contributed by atoms with Gasteiger partial charge in [-0.1, -0.05) is 13.8 Å². The molecular weight excluding hydrogens is 258 g/mol. The van der Waals surface area contributed by atoms with Crippen LogP contribution in [-0.4, -0.2) is 27.5 Å². The zero-order valence-electron chi connectivity index (χ0n) is 12.0. The molecule has 2 N–H and O–H groups in total. The van der Waals surface area contributed by atoms with Gasteiger partial charge in [-0.05, 0) is 31.6 Å². The first-order valence-electron chi connectivity index (χ1n) is 7.02. The Kier molecular flexibility index (Phi) is 4.36. The van der Waals surface area contributed by atoms with Crippen LogP contribution in [-0.2, 0) is 0 Å². The Morgan fingerprint density at radius 1 is 1.60 bits per heavy atom. The Labute approximate surface area is 118 Å². The summed E-state index contributed by atoms with van der Waals surface area (Å²) >= 11 is 0. The van der Waals surface area contributed by atoms with E-state index in [1.807, 2.05) is 0 Å². The third kappa shape index (κ3) is 3.15. The minimum absolute atomic E-state index is 0.0606. The third-order valence-corrected chi connectivity index (χ3v) is 3.69. The van der Waals surface area contributed by atoms with Gasteiger partial charge in [-0.25, -0.2) is 4.98 Å². The average molecular weight is 279 g/mol. The van der Waals surface area contributed by atoms with E-state index in [2.05, 4.69) is 28.7 Å². The molecule has 0 spiro atoms. The van der Waals surface area contributed by atoms with E-state index in [0.717, 1.165) is 32.2 Å². The first kappa shape index (κ1) is 14.5. The first-order valence-corrected chi connectivity index (χ1v) is 7.02. The Morgan fingerprint density at radius 2 is 2.35 bits per heavy atom. The predicted octanol–water partition coefficient (Wildman–Crippen LogP) is 2.37. The van der Waals surface area contributed by atoms with E-state index in [4.69, 9.17) is 5.73 Å². The molecule has 1 aliphatic rings. The van der Waals surface area contributed by atoms with Gasteiger partial charge in [0.15, 0.2) is 0 Å². The van der Waals surface area contributed by atoms with Crippen molar-refractivity contribution in [1.82, 2.24) is 9.97 Å². The van der Waals surface area contributed by atoms with Crippen molar-refractivity contribution in [3.8, 4) is 0 Å². The molecule has 1 fully saturated rings. The van der Waals surface area contributed by atoms with Crippen LogP contribution < -0.4 is 10.6 Å². The number of hydrogen-bond acceptors (Lipinski definition) is 6. The molecular formula is C13H21N5O2. The lowest BCUT2D eigenvalue weighted by Crippen LogP contribution is -2.31. The molecule has 1 aromatic heterocycles. The van der Waals surface area contributed by atoms with E-state index < -0.39 is 4.92 Å². The highest BCUT2D eigenvalue weighted by atomic mass is 16.6. The zero-order valence-corrected chi connectivity index (χ0v) is 12.0. The lowest BCUT2D eigenvalue weighted by atomic mass is 10.0. The molecule has 2 heterocycles. The van der Waals surface area contributed by atoms with Gasteiger partial charge in [-0.2, -0.15) is 4.98 Å². The van der Waals surface area contributed by atoms with Gasteiger partial charge in [-0.3, -0.25) is 10.1 Å². The Bertz CT molecular complexity index is 492. The van der Waals surface area contributed by atoms with Gasteiger partial charge in [0.05, 0.1) is 4.92 Å². The zero-order chi connectivity index (χ0) is 14.7. The summed E-state index contributed by atoms with van der Waals surface area (Å²) in [5.41, 5.74) is 5.41. The van der Waals surface area contributed by atoms with Crippen molar-refractivity contribution < 1.29 is 4.92 Å². The topological polar surface area (TPSA) is 98.2 Å². The van der Waals surface area contributed by atoms with Crippen molar-refractivity contribution in [3.05, 3.63) is 16.3 Å². The van der Waals surface area contributed by atoms with Gasteiger partial charge in [0.25, 0.3) is 0 Å². The molecule has 110 valence electrons. The summed E-state index contributed by atoms with van der Waals surface area (Å²) in [5.74, 6) is 1.12. The van der Waals surface area contributed by atoms with Gasteiger partial charge in [0.2, 0.25) is 11.8 Å². The molecule has 0 saturated carbocycles. The number of nitrogen functional groups attached to an aromatic ring is 1. The van der Waals surface area contributed by atoms with E-state index in [-0.39, 0.29) is 11.5 Å². The van der Waals surface area contributed by atoms with E-state index in [0.29, 0.717) is 17.9 Å². The quantitative estimate of drug-likeness (QED) is 0.656. The minimum Gasteiger partial charge on any atom is -0.378 e. The number of aromatic nitrogens is 2. The smallest absolute Gasteiger partial charge is 0.329 e. The summed E-state index contributed by atoms with van der Waals surface area (Å²) in [6.07, 6.45) is 5.67. The third-order valence-electron chi connectivity index (χ3n) is 3.69. The number of nitrogens with two attached hydrogens (primary N) is 1. The van der Waals surface area contributed by atoms with Gasteiger partial charge < -0.3 is 10.6 Å². The van der Waals surface area contributed by atoms with Crippen molar-refractivity contribution in [2.45, 2.75) is 45.6 Å². The highest BCUT2D eigenvalue weighted by Gasteiger charge is 2.27. The SMILES string of the molecule is CC(C)CCC1CCCN1c1ncc([N+](=O)[O-])c(N)n1. The fourth-order valence-electron chi connectivity index (χ4n) is 2.58. The molecule has 2 rings (SSSR count). The maximum absolute atomic E-state index is 10.7. The fraction of sp³-hybridized carbons (Fsp3) is 0.692. The van der Waals surface area contributed by atoms with E-state index in [1.54, 1.807) is 0 Å². The van der Waals surface area contributed by atoms with Crippen molar-refractivity contribution in [3.63, 3.8) is 0 Å². The standard InChI is InChI=1S/C13H21N5O2/c1-9(2)5-6-10-4-3-7-17(10)13-15-8-11(18(19)20)12(14)16-13/h8-10H,3-7H2,1-2H3,(H2,14,15,16). The van der Waals surface area contributed by atoms with Crippen LogP contribution in [0.3, 0.4) is 0 Å². The Morgan fingerprint density at radius 3 is 2.95 bits per heavy atom. The van der Waals surface area contributed by atoms with Gasteiger partial charge in [0.1, 0.15) is 6.20 Å². The molecule has 20 heavy (non-hydrogen) atoms. The molecule has 1 unspecified atom stereocenters. The molecule has 7 nitrogen and oxygen atoms in total. The summed E-state index contributed by atoms with van der Waals surface area (Å²) in [4.78, 5) is 20.5. The van der Waals surface area contributed by atoms with Crippen LogP contribution in [0.1, 0.15) is 39.5 Å². The minimum atomic E-state index is -0.556. The predicted molar refractivity (Wildman–Crippen MR) is 77.5 cm³/mol. The van der Waals surface area contributed by atoms with Gasteiger partial charge >= 0.3 is 5.69 Å².